The van der Waals surface area contributed by atoms with E-state index < -0.39 is 0 Å². The number of anilines is 1. The molecule has 2 N–H and O–H groups in total. The van der Waals surface area contributed by atoms with E-state index in [2.05, 4.69) is 15.6 Å². The van der Waals surface area contributed by atoms with E-state index in [1.807, 2.05) is 30.3 Å². The Kier molecular flexibility index (Phi) is 6.25. The Bertz CT molecular complexity index is 700. The Labute approximate surface area is 152 Å². The molecule has 1 aromatic carbocycles. The van der Waals surface area contributed by atoms with Gasteiger partial charge in [-0.25, -0.2) is 4.98 Å². The maximum atomic E-state index is 12.2. The summed E-state index contributed by atoms with van der Waals surface area (Å²) < 4.78 is 5.56. The molecule has 0 bridgehead atoms. The van der Waals surface area contributed by atoms with E-state index >= 15 is 0 Å². The van der Waals surface area contributed by atoms with Gasteiger partial charge >= 0.3 is 0 Å². The third kappa shape index (κ3) is 5.44. The van der Waals surface area contributed by atoms with Gasteiger partial charge in [-0.1, -0.05) is 23.7 Å². The molecule has 2 heterocycles. The standard InChI is InChI=1S/C19H22ClN3O2/c20-16-4-1-3-14(11-16)8-9-21-19(24)15-6-7-18(22-12-15)23-13-17-5-2-10-25-17/h1,3-4,6-7,11-12,17H,2,5,8-10,13H2,(H,21,24)(H,22,23). The number of carbonyl (C=O) groups excluding carboxylic acids is 1. The summed E-state index contributed by atoms with van der Waals surface area (Å²) in [7, 11) is 0. The molecule has 3 rings (SSSR count). The van der Waals surface area contributed by atoms with Crippen LogP contribution in [0.4, 0.5) is 5.82 Å². The summed E-state index contributed by atoms with van der Waals surface area (Å²) in [5.41, 5.74) is 1.65. The number of halogens is 1. The zero-order chi connectivity index (χ0) is 17.5. The van der Waals surface area contributed by atoms with Gasteiger partial charge in [-0.15, -0.1) is 0 Å². The zero-order valence-corrected chi connectivity index (χ0v) is 14.8. The quantitative estimate of drug-likeness (QED) is 0.796. The molecule has 1 unspecified atom stereocenters. The van der Waals surface area contributed by atoms with Crippen LogP contribution in [-0.4, -0.2) is 36.7 Å². The Hall–Kier alpha value is -2.11. The Morgan fingerprint density at radius 3 is 2.96 bits per heavy atom. The van der Waals surface area contributed by atoms with Gasteiger partial charge in [0.1, 0.15) is 5.82 Å². The summed E-state index contributed by atoms with van der Waals surface area (Å²) in [6.45, 7) is 2.14. The van der Waals surface area contributed by atoms with Gasteiger partial charge in [0, 0.05) is 30.9 Å². The predicted octanol–water partition coefficient (Wildman–Crippen LogP) is 3.30. The van der Waals surface area contributed by atoms with Crippen LogP contribution in [0.3, 0.4) is 0 Å². The van der Waals surface area contributed by atoms with Gasteiger partial charge in [-0.2, -0.15) is 0 Å². The molecule has 6 heteroatoms. The van der Waals surface area contributed by atoms with E-state index in [0.717, 1.165) is 43.8 Å². The van der Waals surface area contributed by atoms with Gasteiger partial charge in [0.05, 0.1) is 11.7 Å². The molecule has 1 aromatic heterocycles. The van der Waals surface area contributed by atoms with E-state index in [9.17, 15) is 4.79 Å². The first-order valence-electron chi connectivity index (χ1n) is 8.55. The number of pyridine rings is 1. The third-order valence-electron chi connectivity index (χ3n) is 4.15. The lowest BCUT2D eigenvalue weighted by Gasteiger charge is -2.11. The van der Waals surface area contributed by atoms with Gasteiger partial charge in [-0.05, 0) is 49.1 Å². The van der Waals surface area contributed by atoms with Crippen LogP contribution in [0.5, 0.6) is 0 Å². The molecule has 0 aliphatic carbocycles. The van der Waals surface area contributed by atoms with E-state index in [0.29, 0.717) is 17.1 Å². The van der Waals surface area contributed by atoms with Crippen LogP contribution < -0.4 is 10.6 Å². The van der Waals surface area contributed by atoms with Crippen molar-refractivity contribution in [3.8, 4) is 0 Å². The van der Waals surface area contributed by atoms with E-state index in [1.54, 1.807) is 12.3 Å². The molecular weight excluding hydrogens is 338 g/mol. The molecule has 0 spiro atoms. The summed E-state index contributed by atoms with van der Waals surface area (Å²) in [5, 5.41) is 6.85. The smallest absolute Gasteiger partial charge is 0.252 e. The molecule has 132 valence electrons. The predicted molar refractivity (Wildman–Crippen MR) is 99.2 cm³/mol. The van der Waals surface area contributed by atoms with E-state index in [1.165, 1.54) is 0 Å². The van der Waals surface area contributed by atoms with Crippen molar-refractivity contribution in [1.82, 2.24) is 10.3 Å². The van der Waals surface area contributed by atoms with Crippen LogP contribution in [0.2, 0.25) is 5.02 Å². The number of benzene rings is 1. The minimum Gasteiger partial charge on any atom is -0.376 e. The highest BCUT2D eigenvalue weighted by Gasteiger charge is 2.15. The lowest BCUT2D eigenvalue weighted by Crippen LogP contribution is -2.26. The van der Waals surface area contributed by atoms with Crippen molar-refractivity contribution in [3.05, 3.63) is 58.7 Å². The Morgan fingerprint density at radius 1 is 1.32 bits per heavy atom. The molecule has 25 heavy (non-hydrogen) atoms. The molecule has 5 nitrogen and oxygen atoms in total. The maximum Gasteiger partial charge on any atom is 0.252 e. The lowest BCUT2D eigenvalue weighted by molar-refractivity contribution is 0.0953. The van der Waals surface area contributed by atoms with Gasteiger partial charge in [0.2, 0.25) is 0 Å². The van der Waals surface area contributed by atoms with Crippen molar-refractivity contribution in [2.45, 2.75) is 25.4 Å². The fourth-order valence-electron chi connectivity index (χ4n) is 2.77. The number of amides is 1. The van der Waals surface area contributed by atoms with Crippen LogP contribution in [-0.2, 0) is 11.2 Å². The molecule has 0 saturated carbocycles. The van der Waals surface area contributed by atoms with Crippen molar-refractivity contribution in [1.29, 1.82) is 0 Å². The molecule has 0 radical (unpaired) electrons. The van der Waals surface area contributed by atoms with Crippen molar-refractivity contribution >= 4 is 23.3 Å². The van der Waals surface area contributed by atoms with Gasteiger partial charge < -0.3 is 15.4 Å². The Morgan fingerprint density at radius 2 is 2.24 bits per heavy atom. The summed E-state index contributed by atoms with van der Waals surface area (Å²) in [4.78, 5) is 16.5. The summed E-state index contributed by atoms with van der Waals surface area (Å²) in [6, 6.07) is 11.2. The summed E-state index contributed by atoms with van der Waals surface area (Å²) in [5.74, 6) is 0.631. The van der Waals surface area contributed by atoms with Crippen LogP contribution in [0.25, 0.3) is 0 Å². The topological polar surface area (TPSA) is 63.2 Å². The molecule has 1 aliphatic heterocycles. The molecule has 2 aromatic rings. The Balaban J connectivity index is 1.43. The first kappa shape index (κ1) is 17.7. The molecular formula is C19H22ClN3O2. The van der Waals surface area contributed by atoms with E-state index in [4.69, 9.17) is 16.3 Å². The molecule has 1 amide bonds. The normalized spacial score (nSPS) is 16.6. The second kappa shape index (κ2) is 8.83. The number of hydrogen-bond donors (Lipinski definition) is 2. The van der Waals surface area contributed by atoms with Crippen molar-refractivity contribution < 1.29 is 9.53 Å². The van der Waals surface area contributed by atoms with Gasteiger partial charge in [-0.3, -0.25) is 4.79 Å². The SMILES string of the molecule is O=C(NCCc1cccc(Cl)c1)c1ccc(NCC2CCCO2)nc1. The number of nitrogens with one attached hydrogen (secondary N) is 2. The van der Waals surface area contributed by atoms with Gasteiger partial charge in [0.15, 0.2) is 0 Å². The highest BCUT2D eigenvalue weighted by Crippen LogP contribution is 2.13. The number of aromatic nitrogens is 1. The number of nitrogens with zero attached hydrogens (tertiary/aromatic N) is 1. The van der Waals surface area contributed by atoms with Crippen LogP contribution in [0, 0.1) is 0 Å². The fraction of sp³-hybridized carbons (Fsp3) is 0.368. The minimum atomic E-state index is -0.125. The van der Waals surface area contributed by atoms with Crippen LogP contribution in [0.1, 0.15) is 28.8 Å². The lowest BCUT2D eigenvalue weighted by atomic mass is 10.1. The first-order chi connectivity index (χ1) is 12.2. The second-order valence-corrected chi connectivity index (χ2v) is 6.52. The zero-order valence-electron chi connectivity index (χ0n) is 14.0. The van der Waals surface area contributed by atoms with Gasteiger partial charge in [0.25, 0.3) is 5.91 Å². The number of ether oxygens (including phenoxy) is 1. The monoisotopic (exact) mass is 359 g/mol. The van der Waals surface area contributed by atoms with Crippen LogP contribution >= 0.6 is 11.6 Å². The highest BCUT2D eigenvalue weighted by molar-refractivity contribution is 6.30. The average Bonchev–Trinajstić information content (AvgIpc) is 3.14. The number of carbonyl (C=O) groups is 1. The van der Waals surface area contributed by atoms with Crippen molar-refractivity contribution in [3.63, 3.8) is 0 Å². The first-order valence-corrected chi connectivity index (χ1v) is 8.93. The number of rotatable bonds is 7. The summed E-state index contributed by atoms with van der Waals surface area (Å²) in [6.07, 6.45) is 4.79. The van der Waals surface area contributed by atoms with Crippen molar-refractivity contribution in [2.24, 2.45) is 0 Å². The second-order valence-electron chi connectivity index (χ2n) is 6.08. The molecule has 1 fully saturated rings. The fourth-order valence-corrected chi connectivity index (χ4v) is 2.98. The molecule has 1 saturated heterocycles. The maximum absolute atomic E-state index is 12.2. The van der Waals surface area contributed by atoms with Crippen LogP contribution in [0.15, 0.2) is 42.6 Å². The molecule has 1 atom stereocenters. The third-order valence-corrected chi connectivity index (χ3v) is 4.38. The van der Waals surface area contributed by atoms with Crippen molar-refractivity contribution in [2.75, 3.05) is 25.0 Å². The highest BCUT2D eigenvalue weighted by atomic mass is 35.5. The van der Waals surface area contributed by atoms with E-state index in [-0.39, 0.29) is 12.0 Å². The summed E-state index contributed by atoms with van der Waals surface area (Å²) >= 11 is 5.95. The average molecular weight is 360 g/mol. The number of hydrogen-bond acceptors (Lipinski definition) is 4. The minimum absolute atomic E-state index is 0.125. The largest absolute Gasteiger partial charge is 0.376 e. The molecule has 1 aliphatic rings.